The average molecular weight is 300 g/mol. The van der Waals surface area contributed by atoms with E-state index in [2.05, 4.69) is 5.32 Å². The van der Waals surface area contributed by atoms with Crippen molar-refractivity contribution in [3.05, 3.63) is 0 Å². The highest BCUT2D eigenvalue weighted by molar-refractivity contribution is 7.99. The van der Waals surface area contributed by atoms with E-state index >= 15 is 0 Å². The molecule has 0 aromatic rings. The Balaban J connectivity index is 1.83. The number of amides is 2. The lowest BCUT2D eigenvalue weighted by molar-refractivity contribution is -0.143. The summed E-state index contributed by atoms with van der Waals surface area (Å²) >= 11 is 1.58. The van der Waals surface area contributed by atoms with E-state index in [4.69, 9.17) is 5.11 Å². The minimum absolute atomic E-state index is 0.0394. The fourth-order valence-corrected chi connectivity index (χ4v) is 3.97. The summed E-state index contributed by atoms with van der Waals surface area (Å²) in [5.74, 6) is -0.00736. The van der Waals surface area contributed by atoms with Gasteiger partial charge in [0.2, 0.25) is 11.8 Å². The maximum absolute atomic E-state index is 12.2. The van der Waals surface area contributed by atoms with Gasteiger partial charge in [-0.05, 0) is 25.7 Å². The molecule has 0 bridgehead atoms. The molecule has 2 rings (SSSR count). The van der Waals surface area contributed by atoms with Gasteiger partial charge in [-0.2, -0.15) is 0 Å². The predicted octanol–water partition coefficient (Wildman–Crippen LogP) is 0.667. The van der Waals surface area contributed by atoms with Gasteiger partial charge in [0.25, 0.3) is 0 Å². The van der Waals surface area contributed by atoms with Crippen molar-refractivity contribution in [3.63, 3.8) is 0 Å². The predicted molar refractivity (Wildman–Crippen MR) is 75.2 cm³/mol. The zero-order chi connectivity index (χ0) is 14.7. The number of aliphatic carboxylic acids is 1. The number of carboxylic acids is 1. The first-order valence-corrected chi connectivity index (χ1v) is 8.02. The molecule has 1 saturated carbocycles. The maximum Gasteiger partial charge on any atom is 0.306 e. The number of nitrogens with one attached hydrogen (secondary N) is 1. The van der Waals surface area contributed by atoms with Gasteiger partial charge in [-0.1, -0.05) is 0 Å². The van der Waals surface area contributed by atoms with Crippen LogP contribution in [-0.4, -0.2) is 51.5 Å². The van der Waals surface area contributed by atoms with Gasteiger partial charge in [0.15, 0.2) is 0 Å². The fraction of sp³-hybridized carbons (Fsp3) is 0.769. The third-order valence-corrected chi connectivity index (χ3v) is 5.02. The summed E-state index contributed by atoms with van der Waals surface area (Å²) < 4.78 is 0. The summed E-state index contributed by atoms with van der Waals surface area (Å²) in [6, 6.07) is -0.341. The zero-order valence-electron chi connectivity index (χ0n) is 11.5. The first-order chi connectivity index (χ1) is 9.49. The van der Waals surface area contributed by atoms with Gasteiger partial charge in [-0.3, -0.25) is 14.4 Å². The number of hydrogen-bond donors (Lipinski definition) is 2. The lowest BCUT2D eigenvalue weighted by Gasteiger charge is -2.29. The molecule has 2 amide bonds. The van der Waals surface area contributed by atoms with E-state index in [-0.39, 0.29) is 29.8 Å². The van der Waals surface area contributed by atoms with Crippen LogP contribution < -0.4 is 5.32 Å². The summed E-state index contributed by atoms with van der Waals surface area (Å²) in [5, 5.41) is 11.9. The molecule has 0 spiro atoms. The minimum Gasteiger partial charge on any atom is -0.481 e. The molecule has 1 aliphatic heterocycles. The fourth-order valence-electron chi connectivity index (χ4n) is 2.75. The molecular formula is C13H20N2O4S. The van der Waals surface area contributed by atoms with E-state index in [1.165, 1.54) is 6.92 Å². The molecule has 112 valence electrons. The third-order valence-electron chi connectivity index (χ3n) is 4.01. The second-order valence-electron chi connectivity index (χ2n) is 5.40. The van der Waals surface area contributed by atoms with Crippen LogP contribution in [0.3, 0.4) is 0 Å². The molecule has 7 heteroatoms. The molecule has 20 heavy (non-hydrogen) atoms. The van der Waals surface area contributed by atoms with E-state index in [9.17, 15) is 14.4 Å². The van der Waals surface area contributed by atoms with E-state index in [1.54, 1.807) is 16.7 Å². The molecule has 0 aromatic carbocycles. The molecule has 2 fully saturated rings. The lowest BCUT2D eigenvalue weighted by atomic mass is 9.86. The normalized spacial score (nSPS) is 30.1. The van der Waals surface area contributed by atoms with Crippen LogP contribution in [0.1, 0.15) is 32.6 Å². The Morgan fingerprint density at radius 1 is 1.20 bits per heavy atom. The topological polar surface area (TPSA) is 86.7 Å². The van der Waals surface area contributed by atoms with Crippen molar-refractivity contribution in [2.75, 3.05) is 11.6 Å². The number of hydrogen-bond acceptors (Lipinski definition) is 4. The maximum atomic E-state index is 12.2. The molecule has 0 aromatic heterocycles. The highest BCUT2D eigenvalue weighted by Crippen LogP contribution is 2.26. The molecule has 6 nitrogen and oxygen atoms in total. The van der Waals surface area contributed by atoms with E-state index in [0.29, 0.717) is 37.3 Å². The van der Waals surface area contributed by atoms with Gasteiger partial charge >= 0.3 is 5.97 Å². The molecule has 1 aliphatic carbocycles. The van der Waals surface area contributed by atoms with Crippen molar-refractivity contribution in [1.82, 2.24) is 10.2 Å². The number of rotatable bonds is 3. The van der Waals surface area contributed by atoms with Gasteiger partial charge in [0.1, 0.15) is 6.04 Å². The lowest BCUT2D eigenvalue weighted by Crippen LogP contribution is -2.50. The number of carbonyl (C=O) groups is 3. The first-order valence-electron chi connectivity index (χ1n) is 6.87. The monoisotopic (exact) mass is 300 g/mol. The van der Waals surface area contributed by atoms with E-state index in [1.807, 2.05) is 0 Å². The Morgan fingerprint density at radius 2 is 1.85 bits per heavy atom. The van der Waals surface area contributed by atoms with Crippen LogP contribution in [0.25, 0.3) is 0 Å². The van der Waals surface area contributed by atoms with Crippen LogP contribution in [0.2, 0.25) is 0 Å². The molecule has 1 saturated heterocycles. The van der Waals surface area contributed by atoms with Crippen LogP contribution in [0, 0.1) is 5.92 Å². The standard InChI is InChI=1S/C13H20N2O4S/c1-8(16)15-7-20-6-11(15)12(17)14-10-4-2-9(3-5-10)13(18)19/h9-11H,2-7H2,1H3,(H,14,17)(H,18,19)/t9?,10?,11-/m0/s1. The Bertz CT molecular complexity index is 407. The average Bonchev–Trinajstić information content (AvgIpc) is 2.88. The van der Waals surface area contributed by atoms with Gasteiger partial charge < -0.3 is 15.3 Å². The molecule has 0 unspecified atom stereocenters. The van der Waals surface area contributed by atoms with Gasteiger partial charge in [-0.15, -0.1) is 11.8 Å². The number of carboxylic acid groups (broad SMARTS) is 1. The molecule has 0 radical (unpaired) electrons. The van der Waals surface area contributed by atoms with Crippen LogP contribution >= 0.6 is 11.8 Å². The quantitative estimate of drug-likeness (QED) is 0.800. The highest BCUT2D eigenvalue weighted by Gasteiger charge is 2.35. The molecule has 2 aliphatic rings. The Morgan fingerprint density at radius 3 is 2.40 bits per heavy atom. The zero-order valence-corrected chi connectivity index (χ0v) is 12.3. The molecule has 2 N–H and O–H groups in total. The number of nitrogens with zero attached hydrogens (tertiary/aromatic N) is 1. The van der Waals surface area contributed by atoms with Crippen molar-refractivity contribution in [3.8, 4) is 0 Å². The van der Waals surface area contributed by atoms with Gasteiger partial charge in [0, 0.05) is 18.7 Å². The number of thioether (sulfide) groups is 1. The molecular weight excluding hydrogens is 280 g/mol. The number of carbonyl (C=O) groups excluding carboxylic acids is 2. The van der Waals surface area contributed by atoms with E-state index in [0.717, 1.165) is 0 Å². The Kier molecular flexibility index (Phi) is 4.91. The molecule has 1 heterocycles. The van der Waals surface area contributed by atoms with Crippen molar-refractivity contribution in [2.24, 2.45) is 5.92 Å². The molecule has 1 atom stereocenters. The first kappa shape index (κ1) is 15.2. The Labute approximate surface area is 122 Å². The van der Waals surface area contributed by atoms with Crippen molar-refractivity contribution in [2.45, 2.75) is 44.7 Å². The van der Waals surface area contributed by atoms with Gasteiger partial charge in [-0.25, -0.2) is 0 Å². The summed E-state index contributed by atoms with van der Waals surface area (Å²) in [7, 11) is 0. The summed E-state index contributed by atoms with van der Waals surface area (Å²) in [6.07, 6.45) is 2.61. The minimum atomic E-state index is -0.746. The Hall–Kier alpha value is -1.24. The second kappa shape index (κ2) is 6.47. The van der Waals surface area contributed by atoms with Crippen molar-refractivity contribution < 1.29 is 19.5 Å². The van der Waals surface area contributed by atoms with E-state index < -0.39 is 5.97 Å². The van der Waals surface area contributed by atoms with Crippen molar-refractivity contribution >= 4 is 29.5 Å². The van der Waals surface area contributed by atoms with Crippen LogP contribution in [0.4, 0.5) is 0 Å². The second-order valence-corrected chi connectivity index (χ2v) is 6.40. The van der Waals surface area contributed by atoms with Crippen LogP contribution in [0.15, 0.2) is 0 Å². The highest BCUT2D eigenvalue weighted by atomic mass is 32.2. The van der Waals surface area contributed by atoms with Gasteiger partial charge in [0.05, 0.1) is 11.8 Å². The van der Waals surface area contributed by atoms with Crippen molar-refractivity contribution in [1.29, 1.82) is 0 Å². The summed E-state index contributed by atoms with van der Waals surface area (Å²) in [5.41, 5.74) is 0. The van der Waals surface area contributed by atoms with Crippen LogP contribution in [0.5, 0.6) is 0 Å². The summed E-state index contributed by atoms with van der Waals surface area (Å²) in [4.78, 5) is 36.1. The van der Waals surface area contributed by atoms with Crippen LogP contribution in [-0.2, 0) is 14.4 Å². The third kappa shape index (κ3) is 3.45. The SMILES string of the molecule is CC(=O)N1CSC[C@H]1C(=O)NC1CCC(C(=O)O)CC1. The smallest absolute Gasteiger partial charge is 0.306 e. The largest absolute Gasteiger partial charge is 0.481 e. The summed E-state index contributed by atoms with van der Waals surface area (Å²) in [6.45, 7) is 1.48.